The first kappa shape index (κ1) is 11.2. The average Bonchev–Trinajstić information content (AvgIpc) is 2.75. The van der Waals surface area contributed by atoms with Gasteiger partial charge in [0.1, 0.15) is 0 Å². The predicted octanol–water partition coefficient (Wildman–Crippen LogP) is 2.04. The number of hydrogen-bond donors (Lipinski definition) is 0. The molecule has 16 heavy (non-hydrogen) atoms. The minimum Gasteiger partial charge on any atom is -0.486 e. The summed E-state index contributed by atoms with van der Waals surface area (Å²) in [7, 11) is 1.60. The highest BCUT2D eigenvalue weighted by atomic mass is 16.5. The zero-order valence-electron chi connectivity index (χ0n) is 10.0. The summed E-state index contributed by atoms with van der Waals surface area (Å²) in [4.78, 5) is 10.8. The van der Waals surface area contributed by atoms with E-state index >= 15 is 0 Å². The van der Waals surface area contributed by atoms with Gasteiger partial charge < -0.3 is 9.64 Å². The molecule has 0 aromatic heterocycles. The van der Waals surface area contributed by atoms with Crippen molar-refractivity contribution < 1.29 is 4.74 Å². The maximum absolute atomic E-state index is 4.84. The van der Waals surface area contributed by atoms with Crippen LogP contribution < -0.4 is 0 Å². The Labute approximate surface area is 96.7 Å². The summed E-state index contributed by atoms with van der Waals surface area (Å²) < 4.78 is 4.84. The Bertz CT molecular complexity index is 333. The molecule has 0 bridgehead atoms. The molecule has 0 amide bonds. The third kappa shape index (κ3) is 2.43. The van der Waals surface area contributed by atoms with E-state index in [1.54, 1.807) is 7.11 Å². The number of nitrogens with zero attached hydrogens (tertiary/aromatic N) is 3. The smallest absolute Gasteiger partial charge is 0.227 e. The Morgan fingerprint density at radius 3 is 3.19 bits per heavy atom. The fraction of sp³-hybridized carbons (Fsp3) is 0.667. The molecule has 0 saturated carbocycles. The number of allylic oxidation sites excluding steroid dienone is 2. The maximum Gasteiger partial charge on any atom is 0.227 e. The van der Waals surface area contributed by atoms with Gasteiger partial charge in [-0.3, -0.25) is 0 Å². The van der Waals surface area contributed by atoms with Crippen molar-refractivity contribution >= 4 is 12.4 Å². The van der Waals surface area contributed by atoms with E-state index in [9.17, 15) is 0 Å². The van der Waals surface area contributed by atoms with Gasteiger partial charge in [-0.25, -0.2) is 4.99 Å². The van der Waals surface area contributed by atoms with E-state index in [1.807, 2.05) is 0 Å². The predicted molar refractivity (Wildman–Crippen MR) is 65.6 cm³/mol. The topological polar surface area (TPSA) is 37.2 Å². The molecule has 4 nitrogen and oxygen atoms in total. The number of ether oxygens (including phenoxy) is 1. The minimum atomic E-state index is 0.794. The molecule has 1 aliphatic heterocycles. The third-order valence-electron chi connectivity index (χ3n) is 3.09. The summed E-state index contributed by atoms with van der Waals surface area (Å²) >= 11 is 0. The average molecular weight is 221 g/mol. The highest BCUT2D eigenvalue weighted by molar-refractivity contribution is 5.88. The second-order valence-electron chi connectivity index (χ2n) is 4.38. The Morgan fingerprint density at radius 2 is 2.50 bits per heavy atom. The lowest BCUT2D eigenvalue weighted by atomic mass is 9.94. The maximum atomic E-state index is 4.84. The number of hydrogen-bond acceptors (Lipinski definition) is 4. The van der Waals surface area contributed by atoms with Crippen LogP contribution in [-0.2, 0) is 4.74 Å². The first-order chi connectivity index (χ1) is 7.81. The van der Waals surface area contributed by atoms with Gasteiger partial charge in [-0.05, 0) is 25.2 Å². The van der Waals surface area contributed by atoms with Crippen molar-refractivity contribution in [3.05, 3.63) is 11.8 Å². The van der Waals surface area contributed by atoms with Gasteiger partial charge in [0.15, 0.2) is 6.40 Å². The van der Waals surface area contributed by atoms with E-state index in [0.29, 0.717) is 0 Å². The largest absolute Gasteiger partial charge is 0.486 e. The molecular weight excluding hydrogens is 202 g/mol. The van der Waals surface area contributed by atoms with Crippen molar-refractivity contribution in [1.29, 1.82) is 0 Å². The molecular formula is C12H19N3O. The van der Waals surface area contributed by atoms with Crippen LogP contribution in [0, 0.1) is 5.92 Å². The van der Waals surface area contributed by atoms with Gasteiger partial charge in [0.25, 0.3) is 0 Å². The molecule has 0 aromatic carbocycles. The molecule has 0 radical (unpaired) electrons. The van der Waals surface area contributed by atoms with Crippen LogP contribution in [0.5, 0.6) is 0 Å². The van der Waals surface area contributed by atoms with Gasteiger partial charge in [-0.15, -0.1) is 0 Å². The van der Waals surface area contributed by atoms with Gasteiger partial charge >= 0.3 is 0 Å². The molecule has 1 unspecified atom stereocenters. The molecule has 0 fully saturated rings. The highest BCUT2D eigenvalue weighted by Crippen LogP contribution is 2.26. The second-order valence-corrected chi connectivity index (χ2v) is 4.38. The lowest BCUT2D eigenvalue weighted by molar-refractivity contribution is 0.420. The summed E-state index contributed by atoms with van der Waals surface area (Å²) in [6.45, 7) is 4.09. The Balaban J connectivity index is 2.04. The minimum absolute atomic E-state index is 0.794. The molecule has 2 rings (SSSR count). The van der Waals surface area contributed by atoms with Gasteiger partial charge in [0, 0.05) is 12.2 Å². The van der Waals surface area contributed by atoms with Gasteiger partial charge in [-0.1, -0.05) is 13.0 Å². The summed E-state index contributed by atoms with van der Waals surface area (Å²) in [5.74, 6) is 1.61. The fourth-order valence-electron chi connectivity index (χ4n) is 2.11. The van der Waals surface area contributed by atoms with Crippen LogP contribution in [0.2, 0.25) is 0 Å². The van der Waals surface area contributed by atoms with E-state index in [2.05, 4.69) is 27.9 Å². The molecule has 0 saturated heterocycles. The number of guanidine groups is 1. The summed E-state index contributed by atoms with van der Waals surface area (Å²) in [6.07, 6.45) is 7.36. The lowest BCUT2D eigenvalue weighted by Crippen LogP contribution is -2.27. The Kier molecular flexibility index (Phi) is 3.59. The normalized spacial score (nSPS) is 25.9. The molecule has 88 valence electrons. The fourth-order valence-corrected chi connectivity index (χ4v) is 2.11. The molecule has 1 atom stereocenters. The molecule has 1 heterocycles. The molecule has 4 heteroatoms. The lowest BCUT2D eigenvalue weighted by Gasteiger charge is -2.26. The van der Waals surface area contributed by atoms with E-state index in [4.69, 9.17) is 4.74 Å². The summed E-state index contributed by atoms with van der Waals surface area (Å²) in [5, 5.41) is 0. The van der Waals surface area contributed by atoms with Crippen molar-refractivity contribution in [3.8, 4) is 0 Å². The first-order valence-corrected chi connectivity index (χ1v) is 5.87. The SMILES string of the molecule is CO/C=N/C1=NCCN1C1=CCC(C)CC1. The first-order valence-electron chi connectivity index (χ1n) is 5.87. The summed E-state index contributed by atoms with van der Waals surface area (Å²) in [5.41, 5.74) is 1.38. The second kappa shape index (κ2) is 5.14. The molecule has 1 aliphatic carbocycles. The van der Waals surface area contributed by atoms with Crippen molar-refractivity contribution in [2.24, 2.45) is 15.9 Å². The van der Waals surface area contributed by atoms with Crippen LogP contribution in [-0.4, -0.2) is 37.5 Å². The number of rotatable bonds is 2. The van der Waals surface area contributed by atoms with E-state index in [0.717, 1.165) is 31.4 Å². The Morgan fingerprint density at radius 1 is 1.62 bits per heavy atom. The monoisotopic (exact) mass is 221 g/mol. The molecule has 0 spiro atoms. The van der Waals surface area contributed by atoms with Crippen molar-refractivity contribution in [3.63, 3.8) is 0 Å². The quantitative estimate of drug-likeness (QED) is 0.528. The van der Waals surface area contributed by atoms with E-state index < -0.39 is 0 Å². The van der Waals surface area contributed by atoms with Gasteiger partial charge in [0.05, 0.1) is 13.7 Å². The third-order valence-corrected chi connectivity index (χ3v) is 3.09. The van der Waals surface area contributed by atoms with Crippen molar-refractivity contribution in [1.82, 2.24) is 4.90 Å². The molecule has 0 aromatic rings. The highest BCUT2D eigenvalue weighted by Gasteiger charge is 2.22. The van der Waals surface area contributed by atoms with Crippen LogP contribution in [0.4, 0.5) is 0 Å². The van der Waals surface area contributed by atoms with Crippen molar-refractivity contribution in [2.75, 3.05) is 20.2 Å². The van der Waals surface area contributed by atoms with Crippen LogP contribution in [0.1, 0.15) is 26.2 Å². The zero-order valence-corrected chi connectivity index (χ0v) is 10.0. The van der Waals surface area contributed by atoms with E-state index in [1.165, 1.54) is 24.9 Å². The van der Waals surface area contributed by atoms with Crippen LogP contribution in [0.15, 0.2) is 21.8 Å². The number of aliphatic imine (C=N–C) groups is 2. The van der Waals surface area contributed by atoms with Gasteiger partial charge in [-0.2, -0.15) is 4.99 Å². The van der Waals surface area contributed by atoms with E-state index in [-0.39, 0.29) is 0 Å². The van der Waals surface area contributed by atoms with Crippen LogP contribution in [0.3, 0.4) is 0 Å². The van der Waals surface area contributed by atoms with Crippen LogP contribution in [0.25, 0.3) is 0 Å². The molecule has 2 aliphatic rings. The molecule has 0 N–H and O–H groups in total. The Hall–Kier alpha value is -1.32. The van der Waals surface area contributed by atoms with Gasteiger partial charge in [0.2, 0.25) is 5.96 Å². The van der Waals surface area contributed by atoms with Crippen LogP contribution >= 0.6 is 0 Å². The zero-order chi connectivity index (χ0) is 11.4. The standard InChI is InChI=1S/C12H19N3O/c1-10-3-5-11(6-4-10)15-8-7-13-12(15)14-9-16-2/h5,9-10H,3-4,6-8H2,1-2H3/b14-9+. The van der Waals surface area contributed by atoms with Crippen molar-refractivity contribution in [2.45, 2.75) is 26.2 Å². The summed E-state index contributed by atoms with van der Waals surface area (Å²) in [6, 6.07) is 0. The number of methoxy groups -OCH3 is 1.